The average molecular weight is 480 g/mol. The van der Waals surface area contributed by atoms with Crippen molar-refractivity contribution in [3.05, 3.63) is 24.8 Å². The van der Waals surface area contributed by atoms with Crippen LogP contribution in [0.15, 0.2) is 24.8 Å². The number of hydrogen-bond donors (Lipinski definition) is 1. The summed E-state index contributed by atoms with van der Waals surface area (Å²) in [5.74, 6) is -0.0640. The number of ether oxygens (including phenoxy) is 2. The summed E-state index contributed by atoms with van der Waals surface area (Å²) in [6.07, 6.45) is 4.37. The fraction of sp³-hybridized carbons (Fsp3) is 0.636. The third-order valence-corrected chi connectivity index (χ3v) is 4.86. The van der Waals surface area contributed by atoms with E-state index in [0.717, 1.165) is 9.36 Å². The molecule has 3 heterocycles. The Balaban J connectivity index is 0.000000378. The lowest BCUT2D eigenvalue weighted by molar-refractivity contribution is 0.00578. The zero-order chi connectivity index (χ0) is 26.1. The number of nitrogens with zero attached hydrogens (tertiary/aromatic N) is 4. The van der Waals surface area contributed by atoms with Crippen molar-refractivity contribution in [2.45, 2.75) is 91.6 Å². The molecule has 2 aromatic rings. The predicted molar refractivity (Wildman–Crippen MR) is 127 cm³/mol. The van der Waals surface area contributed by atoms with Crippen molar-refractivity contribution >= 4 is 24.8 Å². The second kappa shape index (κ2) is 9.42. The maximum atomic E-state index is 11.9. The molecule has 1 fully saturated rings. The number of carbonyl (C=O) groups excluding carboxylic acids is 2. The SMILES string of the molecule is CC(C)(C)OC(=O)n1cc(B2OC(C)(C)C(C)(C)O2)cn1.CC(C)(C)OC(=O)n1cc(O)cn1.[HH]. The topological polar surface area (TPSA) is 127 Å². The van der Waals surface area contributed by atoms with Crippen LogP contribution in [0.4, 0.5) is 9.59 Å². The lowest BCUT2D eigenvalue weighted by atomic mass is 9.82. The third kappa shape index (κ3) is 7.32. The van der Waals surface area contributed by atoms with Crippen molar-refractivity contribution in [2.75, 3.05) is 0 Å². The van der Waals surface area contributed by atoms with Crippen LogP contribution < -0.4 is 5.46 Å². The number of aromatic nitrogens is 4. The summed E-state index contributed by atoms with van der Waals surface area (Å²) in [5.41, 5.74) is -1.27. The van der Waals surface area contributed by atoms with Gasteiger partial charge in [-0.3, -0.25) is 0 Å². The van der Waals surface area contributed by atoms with Gasteiger partial charge in [-0.25, -0.2) is 9.59 Å². The van der Waals surface area contributed by atoms with Crippen molar-refractivity contribution in [3.8, 4) is 5.75 Å². The third-order valence-electron chi connectivity index (χ3n) is 4.86. The van der Waals surface area contributed by atoms with Crippen molar-refractivity contribution in [1.82, 2.24) is 19.6 Å². The summed E-state index contributed by atoms with van der Waals surface area (Å²) in [6, 6.07) is 0. The Hall–Kier alpha value is -2.86. The zero-order valence-electron chi connectivity index (χ0n) is 21.6. The maximum Gasteiger partial charge on any atom is 0.498 e. The second-order valence-corrected chi connectivity index (χ2v) is 10.9. The first kappa shape index (κ1) is 27.4. The van der Waals surface area contributed by atoms with Crippen LogP contribution in [0.25, 0.3) is 0 Å². The Bertz CT molecular complexity index is 1010. The van der Waals surface area contributed by atoms with E-state index in [1.165, 1.54) is 12.4 Å². The van der Waals surface area contributed by atoms with Crippen LogP contribution in [0.5, 0.6) is 5.75 Å². The molecule has 0 aliphatic carbocycles. The fourth-order valence-electron chi connectivity index (χ4n) is 2.57. The molecule has 12 heteroatoms. The van der Waals surface area contributed by atoms with E-state index in [0.29, 0.717) is 5.46 Å². The van der Waals surface area contributed by atoms with Crippen molar-refractivity contribution in [3.63, 3.8) is 0 Å². The van der Waals surface area contributed by atoms with Gasteiger partial charge < -0.3 is 23.9 Å². The molecular weight excluding hydrogens is 443 g/mol. The molecular formula is C22H37BN4O7. The smallest absolute Gasteiger partial charge is 0.498 e. The molecule has 34 heavy (non-hydrogen) atoms. The molecule has 0 spiro atoms. The molecule has 1 aliphatic heterocycles. The minimum Gasteiger partial charge on any atom is -0.505 e. The highest BCUT2D eigenvalue weighted by Gasteiger charge is 2.52. The molecule has 1 saturated heterocycles. The summed E-state index contributed by atoms with van der Waals surface area (Å²) in [7, 11) is -0.536. The normalized spacial score (nSPS) is 17.1. The largest absolute Gasteiger partial charge is 0.505 e. The van der Waals surface area contributed by atoms with Crippen LogP contribution in [0.2, 0.25) is 0 Å². The minimum absolute atomic E-state index is 0. The van der Waals surface area contributed by atoms with E-state index in [4.69, 9.17) is 23.9 Å². The summed E-state index contributed by atoms with van der Waals surface area (Å²) < 4.78 is 24.2. The van der Waals surface area contributed by atoms with Gasteiger partial charge in [0.15, 0.2) is 5.75 Å². The van der Waals surface area contributed by atoms with Gasteiger partial charge in [0.1, 0.15) is 11.2 Å². The summed E-state index contributed by atoms with van der Waals surface area (Å²) in [4.78, 5) is 23.2. The lowest BCUT2D eigenvalue weighted by Gasteiger charge is -2.32. The van der Waals surface area contributed by atoms with Crippen molar-refractivity contribution in [1.29, 1.82) is 0 Å². The molecule has 0 radical (unpaired) electrons. The van der Waals surface area contributed by atoms with E-state index in [-0.39, 0.29) is 7.18 Å². The molecule has 0 bridgehead atoms. The molecule has 0 unspecified atom stereocenters. The Kier molecular flexibility index (Phi) is 7.59. The predicted octanol–water partition coefficient (Wildman–Crippen LogP) is 3.58. The second-order valence-electron chi connectivity index (χ2n) is 10.9. The maximum absolute atomic E-state index is 11.9. The van der Waals surface area contributed by atoms with E-state index in [1.54, 1.807) is 33.2 Å². The molecule has 11 nitrogen and oxygen atoms in total. The first-order valence-electron chi connectivity index (χ1n) is 10.9. The molecule has 1 N–H and O–H groups in total. The lowest BCUT2D eigenvalue weighted by Crippen LogP contribution is -2.41. The van der Waals surface area contributed by atoms with Gasteiger partial charge in [0.2, 0.25) is 0 Å². The number of carbonyl (C=O) groups is 2. The van der Waals surface area contributed by atoms with Crippen LogP contribution in [-0.2, 0) is 18.8 Å². The molecule has 3 rings (SSSR count). The Morgan fingerprint density at radius 2 is 1.29 bits per heavy atom. The highest BCUT2D eigenvalue weighted by molar-refractivity contribution is 6.62. The van der Waals surface area contributed by atoms with E-state index < -0.39 is 41.7 Å². The highest BCUT2D eigenvalue weighted by Crippen LogP contribution is 2.36. The number of hydrogen-bond acceptors (Lipinski definition) is 9. The van der Waals surface area contributed by atoms with Gasteiger partial charge >= 0.3 is 19.3 Å². The first-order chi connectivity index (χ1) is 15.3. The van der Waals surface area contributed by atoms with Crippen LogP contribution in [0, 0.1) is 0 Å². The molecule has 1 aliphatic rings. The summed E-state index contributed by atoms with van der Waals surface area (Å²) in [6.45, 7) is 18.6. The van der Waals surface area contributed by atoms with Gasteiger partial charge in [0.05, 0.1) is 23.6 Å². The quantitative estimate of drug-likeness (QED) is 0.609. The highest BCUT2D eigenvalue weighted by atomic mass is 16.7. The van der Waals surface area contributed by atoms with Crippen molar-refractivity contribution in [2.24, 2.45) is 0 Å². The first-order valence-corrected chi connectivity index (χ1v) is 10.9. The van der Waals surface area contributed by atoms with Gasteiger partial charge in [-0.1, -0.05) is 0 Å². The van der Waals surface area contributed by atoms with E-state index in [9.17, 15) is 9.59 Å². The van der Waals surface area contributed by atoms with Gasteiger partial charge in [-0.05, 0) is 69.2 Å². The van der Waals surface area contributed by atoms with Crippen molar-refractivity contribution < 1.29 is 34.9 Å². The van der Waals surface area contributed by atoms with Gasteiger partial charge in [0.25, 0.3) is 0 Å². The molecule has 190 valence electrons. The van der Waals surface area contributed by atoms with Crippen LogP contribution >= 0.6 is 0 Å². The molecule has 0 atom stereocenters. The summed E-state index contributed by atoms with van der Waals surface area (Å²) in [5, 5.41) is 16.5. The minimum atomic E-state index is -0.604. The standard InChI is InChI=1S/C14H23BN2O4.C8H12N2O3.H2/c1-12(2,3)19-11(18)17-9-10(8-16-17)15-20-13(4,5)14(6,7)21-15;1-8(2,3)13-7(12)10-5-6(11)4-9-10;/h8-9H,1-7H3;4-5,11H,1-3H3;1H. The van der Waals surface area contributed by atoms with Gasteiger partial charge in [-0.2, -0.15) is 19.6 Å². The number of aromatic hydroxyl groups is 1. The molecule has 0 saturated carbocycles. The number of rotatable bonds is 1. The van der Waals surface area contributed by atoms with Crippen LogP contribution in [-0.4, -0.2) is 66.4 Å². The summed E-state index contributed by atoms with van der Waals surface area (Å²) >= 11 is 0. The van der Waals surface area contributed by atoms with Crippen LogP contribution in [0.1, 0.15) is 70.7 Å². The van der Waals surface area contributed by atoms with Gasteiger partial charge in [-0.15, -0.1) is 0 Å². The van der Waals surface area contributed by atoms with Crippen LogP contribution in [0.3, 0.4) is 0 Å². The van der Waals surface area contributed by atoms with E-state index in [1.807, 2.05) is 48.5 Å². The molecule has 0 amide bonds. The molecule has 0 aromatic carbocycles. The fourth-order valence-corrected chi connectivity index (χ4v) is 2.57. The van der Waals surface area contributed by atoms with E-state index in [2.05, 4.69) is 10.2 Å². The average Bonchev–Trinajstić information content (AvgIpc) is 3.31. The Morgan fingerprint density at radius 3 is 1.68 bits per heavy atom. The van der Waals surface area contributed by atoms with E-state index >= 15 is 0 Å². The molecule has 2 aromatic heterocycles. The Morgan fingerprint density at radius 1 is 0.882 bits per heavy atom. The monoisotopic (exact) mass is 480 g/mol. The Labute approximate surface area is 201 Å². The zero-order valence-corrected chi connectivity index (χ0v) is 21.6. The van der Waals surface area contributed by atoms with Gasteiger partial charge in [0, 0.05) is 19.3 Å².